The lowest BCUT2D eigenvalue weighted by Gasteiger charge is -2.07. The molecule has 0 unspecified atom stereocenters. The quantitative estimate of drug-likeness (QED) is 0.342. The number of carboxylic acids is 1. The summed E-state index contributed by atoms with van der Waals surface area (Å²) in [6, 6.07) is 1.61. The second kappa shape index (κ2) is 8.18. The number of carboxylic acid groups (broad SMARTS) is 1. The Hall–Kier alpha value is -2.35. The number of esters is 2. The minimum Gasteiger partial charge on any atom is -0.477 e. The molecule has 0 aliphatic rings. The van der Waals surface area contributed by atoms with Crippen molar-refractivity contribution in [2.75, 3.05) is 18.5 Å². The van der Waals surface area contributed by atoms with Crippen LogP contribution < -0.4 is 5.32 Å². The van der Waals surface area contributed by atoms with Gasteiger partial charge in [-0.1, -0.05) is 0 Å². The van der Waals surface area contributed by atoms with Gasteiger partial charge in [-0.2, -0.15) is 0 Å². The molecule has 0 radical (unpaired) electrons. The maximum absolute atomic E-state index is 11.8. The van der Waals surface area contributed by atoms with Crippen molar-refractivity contribution in [1.82, 2.24) is 0 Å². The van der Waals surface area contributed by atoms with E-state index in [-0.39, 0.29) is 23.7 Å². The number of hydrogen-bond acceptors (Lipinski definition) is 7. The molecule has 0 aromatic carbocycles. The Morgan fingerprint density at radius 1 is 1.23 bits per heavy atom. The van der Waals surface area contributed by atoms with Crippen molar-refractivity contribution in [3.8, 4) is 0 Å². The van der Waals surface area contributed by atoms with Gasteiger partial charge >= 0.3 is 17.9 Å². The normalized spacial score (nSPS) is 9.77. The SMILES string of the molecule is CCOC(=O)C(=CNc1cc(C)sc1C(=O)O)C(=O)OCC. The Kier molecular flexibility index (Phi) is 6.58. The largest absolute Gasteiger partial charge is 0.477 e. The molecule has 1 aromatic rings. The van der Waals surface area contributed by atoms with Gasteiger partial charge in [0, 0.05) is 11.1 Å². The topological polar surface area (TPSA) is 102 Å². The number of aromatic carboxylic acids is 1. The molecule has 0 saturated carbocycles. The molecule has 0 bridgehead atoms. The molecule has 1 aromatic heterocycles. The van der Waals surface area contributed by atoms with Crippen LogP contribution >= 0.6 is 11.3 Å². The molecule has 0 amide bonds. The highest BCUT2D eigenvalue weighted by Crippen LogP contribution is 2.26. The van der Waals surface area contributed by atoms with Gasteiger partial charge in [-0.3, -0.25) is 0 Å². The smallest absolute Gasteiger partial charge is 0.348 e. The molecule has 2 N–H and O–H groups in total. The fourth-order valence-corrected chi connectivity index (χ4v) is 2.36. The van der Waals surface area contributed by atoms with Gasteiger partial charge in [0.1, 0.15) is 4.88 Å². The minimum atomic E-state index is -1.09. The van der Waals surface area contributed by atoms with E-state index in [9.17, 15) is 14.4 Å². The molecule has 0 fully saturated rings. The lowest BCUT2D eigenvalue weighted by Crippen LogP contribution is -2.19. The van der Waals surface area contributed by atoms with E-state index in [0.29, 0.717) is 5.69 Å². The molecular formula is C14H17NO6S. The molecule has 0 aliphatic carbocycles. The Balaban J connectivity index is 3.05. The fourth-order valence-electron chi connectivity index (χ4n) is 1.55. The predicted octanol–water partition coefficient (Wildman–Crippen LogP) is 2.18. The first-order valence-corrected chi connectivity index (χ1v) is 7.37. The van der Waals surface area contributed by atoms with Gasteiger partial charge < -0.3 is 19.9 Å². The molecule has 0 saturated heterocycles. The van der Waals surface area contributed by atoms with E-state index in [2.05, 4.69) is 5.32 Å². The third-order valence-electron chi connectivity index (χ3n) is 2.41. The van der Waals surface area contributed by atoms with Crippen LogP contribution in [-0.4, -0.2) is 36.2 Å². The zero-order valence-electron chi connectivity index (χ0n) is 12.5. The minimum absolute atomic E-state index is 0.0841. The van der Waals surface area contributed by atoms with Gasteiger partial charge in [0.15, 0.2) is 5.57 Å². The maximum Gasteiger partial charge on any atom is 0.348 e. The molecule has 0 aliphatic heterocycles. The summed E-state index contributed by atoms with van der Waals surface area (Å²) < 4.78 is 9.56. The monoisotopic (exact) mass is 327 g/mol. The zero-order chi connectivity index (χ0) is 16.7. The van der Waals surface area contributed by atoms with Crippen LogP contribution in [0.4, 0.5) is 5.69 Å². The molecule has 120 valence electrons. The molecule has 0 atom stereocenters. The van der Waals surface area contributed by atoms with E-state index < -0.39 is 17.9 Å². The second-order valence-corrected chi connectivity index (χ2v) is 5.30. The van der Waals surface area contributed by atoms with Crippen molar-refractivity contribution in [3.05, 3.63) is 27.6 Å². The summed E-state index contributed by atoms with van der Waals surface area (Å²) in [6.07, 6.45) is 1.10. The zero-order valence-corrected chi connectivity index (χ0v) is 13.3. The van der Waals surface area contributed by atoms with Crippen molar-refractivity contribution >= 4 is 34.9 Å². The summed E-state index contributed by atoms with van der Waals surface area (Å²) in [5, 5.41) is 11.8. The highest BCUT2D eigenvalue weighted by molar-refractivity contribution is 7.14. The Bertz CT molecular complexity index is 584. The molecule has 7 nitrogen and oxygen atoms in total. The number of rotatable bonds is 7. The number of carbonyl (C=O) groups excluding carboxylic acids is 2. The number of aryl methyl sites for hydroxylation is 1. The number of hydrogen-bond donors (Lipinski definition) is 2. The van der Waals surface area contributed by atoms with Crippen LogP contribution in [0, 0.1) is 6.92 Å². The summed E-state index contributed by atoms with van der Waals surface area (Å²) in [5.74, 6) is -2.77. The van der Waals surface area contributed by atoms with Gasteiger partial charge in [0.25, 0.3) is 0 Å². The van der Waals surface area contributed by atoms with E-state index >= 15 is 0 Å². The first-order chi connectivity index (χ1) is 10.4. The van der Waals surface area contributed by atoms with Gasteiger partial charge in [-0.25, -0.2) is 14.4 Å². The van der Waals surface area contributed by atoms with Gasteiger partial charge in [-0.15, -0.1) is 11.3 Å². The lowest BCUT2D eigenvalue weighted by atomic mass is 10.3. The summed E-state index contributed by atoms with van der Waals surface area (Å²) >= 11 is 1.09. The summed E-state index contributed by atoms with van der Waals surface area (Å²) in [4.78, 5) is 35.5. The number of carbonyl (C=O) groups is 3. The van der Waals surface area contributed by atoms with E-state index in [4.69, 9.17) is 14.6 Å². The van der Waals surface area contributed by atoms with Crippen molar-refractivity contribution < 1.29 is 29.0 Å². The average molecular weight is 327 g/mol. The maximum atomic E-state index is 11.8. The van der Waals surface area contributed by atoms with Gasteiger partial charge in [-0.05, 0) is 26.8 Å². The number of thiophene rings is 1. The van der Waals surface area contributed by atoms with E-state index in [0.717, 1.165) is 22.4 Å². The Morgan fingerprint density at radius 2 is 1.77 bits per heavy atom. The van der Waals surface area contributed by atoms with Crippen molar-refractivity contribution in [2.24, 2.45) is 0 Å². The molecule has 0 spiro atoms. The first-order valence-electron chi connectivity index (χ1n) is 6.55. The van der Waals surface area contributed by atoms with Crippen molar-refractivity contribution in [2.45, 2.75) is 20.8 Å². The summed E-state index contributed by atoms with van der Waals surface area (Å²) in [6.45, 7) is 5.18. The van der Waals surface area contributed by atoms with Crippen molar-refractivity contribution in [3.63, 3.8) is 0 Å². The lowest BCUT2D eigenvalue weighted by molar-refractivity contribution is -0.146. The first kappa shape index (κ1) is 17.7. The van der Waals surface area contributed by atoms with Crippen LogP contribution in [0.1, 0.15) is 28.4 Å². The van der Waals surface area contributed by atoms with Gasteiger partial charge in [0.05, 0.1) is 18.9 Å². The van der Waals surface area contributed by atoms with E-state index in [1.54, 1.807) is 26.8 Å². The third kappa shape index (κ3) is 4.59. The highest BCUT2D eigenvalue weighted by Gasteiger charge is 2.21. The Labute approximate surface area is 131 Å². The third-order valence-corrected chi connectivity index (χ3v) is 3.45. The van der Waals surface area contributed by atoms with Gasteiger partial charge in [0.2, 0.25) is 0 Å². The van der Waals surface area contributed by atoms with Crippen LogP contribution in [0.25, 0.3) is 0 Å². The summed E-state index contributed by atoms with van der Waals surface area (Å²) in [5.41, 5.74) is -0.0370. The van der Waals surface area contributed by atoms with Crippen LogP contribution in [0.3, 0.4) is 0 Å². The van der Waals surface area contributed by atoms with Crippen LogP contribution in [-0.2, 0) is 19.1 Å². The molecule has 22 heavy (non-hydrogen) atoms. The molecule has 1 rings (SSSR count). The number of nitrogens with one attached hydrogen (secondary N) is 1. The fraction of sp³-hybridized carbons (Fsp3) is 0.357. The molecular weight excluding hydrogens is 310 g/mol. The predicted molar refractivity (Wildman–Crippen MR) is 81.0 cm³/mol. The van der Waals surface area contributed by atoms with E-state index in [1.807, 2.05) is 0 Å². The average Bonchev–Trinajstić information content (AvgIpc) is 2.81. The van der Waals surface area contributed by atoms with Crippen LogP contribution in [0.5, 0.6) is 0 Å². The summed E-state index contributed by atoms with van der Waals surface area (Å²) in [7, 11) is 0. The Morgan fingerprint density at radius 3 is 2.23 bits per heavy atom. The van der Waals surface area contributed by atoms with E-state index in [1.165, 1.54) is 0 Å². The molecule has 1 heterocycles. The van der Waals surface area contributed by atoms with Crippen molar-refractivity contribution in [1.29, 1.82) is 0 Å². The molecule has 8 heteroatoms. The van der Waals surface area contributed by atoms with Crippen LogP contribution in [0.15, 0.2) is 17.8 Å². The second-order valence-electron chi connectivity index (χ2n) is 4.05. The number of ether oxygens (including phenoxy) is 2. The highest BCUT2D eigenvalue weighted by atomic mass is 32.1. The van der Waals surface area contributed by atoms with Crippen LogP contribution in [0.2, 0.25) is 0 Å². The number of anilines is 1. The standard InChI is InChI=1S/C14H17NO6S/c1-4-20-13(18)9(14(19)21-5-2)7-15-10-6-8(3)22-11(10)12(16)17/h6-7,15H,4-5H2,1-3H3,(H,16,17).